The summed E-state index contributed by atoms with van der Waals surface area (Å²) in [4.78, 5) is 13.8. The van der Waals surface area contributed by atoms with Crippen molar-refractivity contribution in [2.75, 3.05) is 38.7 Å². The summed E-state index contributed by atoms with van der Waals surface area (Å²) in [5, 5.41) is 2.84. The third-order valence-corrected chi connectivity index (χ3v) is 3.03. The van der Waals surface area contributed by atoms with Gasteiger partial charge in [-0.15, -0.1) is 0 Å². The van der Waals surface area contributed by atoms with Crippen LogP contribution in [0.15, 0.2) is 24.3 Å². The Morgan fingerprint density at radius 1 is 1.53 bits per heavy atom. The number of amides is 2. The van der Waals surface area contributed by atoms with Gasteiger partial charge in [0.25, 0.3) is 0 Å². The third-order valence-electron chi connectivity index (χ3n) is 3.03. The molecule has 0 saturated carbocycles. The number of benzene rings is 1. The predicted molar refractivity (Wildman–Crippen MR) is 72.4 cm³/mol. The van der Waals surface area contributed by atoms with E-state index >= 15 is 0 Å². The van der Waals surface area contributed by atoms with E-state index in [9.17, 15) is 4.79 Å². The Bertz CT molecular complexity index is 422. The van der Waals surface area contributed by atoms with Crippen LogP contribution in [0, 0.1) is 0 Å². The fraction of sp³-hybridized carbons (Fsp3) is 0.462. The molecule has 1 aliphatic heterocycles. The van der Waals surface area contributed by atoms with Gasteiger partial charge in [0.15, 0.2) is 0 Å². The Kier molecular flexibility index (Phi) is 4.59. The first-order valence-corrected chi connectivity index (χ1v) is 6.24. The van der Waals surface area contributed by atoms with Gasteiger partial charge in [-0.05, 0) is 24.3 Å². The molecule has 1 aromatic rings. The van der Waals surface area contributed by atoms with Crippen molar-refractivity contribution < 1.29 is 14.3 Å². The summed E-state index contributed by atoms with van der Waals surface area (Å²) >= 11 is 0. The smallest absolute Gasteiger partial charge is 0.322 e. The lowest BCUT2D eigenvalue weighted by atomic mass is 10.2. The fourth-order valence-corrected chi connectivity index (χ4v) is 1.92. The second-order valence-corrected chi connectivity index (χ2v) is 4.33. The highest BCUT2D eigenvalue weighted by Gasteiger charge is 2.23. The molecule has 0 aliphatic carbocycles. The molecule has 2 amide bonds. The summed E-state index contributed by atoms with van der Waals surface area (Å²) in [5.41, 5.74) is 6.29. The number of ether oxygens (including phenoxy) is 2. The first-order chi connectivity index (χ1) is 9.22. The lowest BCUT2D eigenvalue weighted by Crippen LogP contribution is -2.49. The molecule has 3 N–H and O–H groups in total. The van der Waals surface area contributed by atoms with Gasteiger partial charge in [0.1, 0.15) is 5.75 Å². The zero-order valence-electron chi connectivity index (χ0n) is 11.0. The minimum Gasteiger partial charge on any atom is -0.497 e. The van der Waals surface area contributed by atoms with Crippen LogP contribution in [0.1, 0.15) is 0 Å². The first-order valence-electron chi connectivity index (χ1n) is 6.24. The van der Waals surface area contributed by atoms with Gasteiger partial charge in [0.2, 0.25) is 0 Å². The molecule has 1 fully saturated rings. The quantitative estimate of drug-likeness (QED) is 0.850. The topological polar surface area (TPSA) is 76.8 Å². The van der Waals surface area contributed by atoms with Crippen LogP contribution in [0.2, 0.25) is 0 Å². The van der Waals surface area contributed by atoms with Gasteiger partial charge < -0.3 is 25.4 Å². The van der Waals surface area contributed by atoms with Gasteiger partial charge in [-0.1, -0.05) is 0 Å². The Labute approximate surface area is 112 Å². The maximum atomic E-state index is 12.1. The lowest BCUT2D eigenvalue weighted by molar-refractivity contribution is -0.00660. The summed E-state index contributed by atoms with van der Waals surface area (Å²) in [7, 11) is 1.61. The van der Waals surface area contributed by atoms with Crippen LogP contribution in [0.3, 0.4) is 0 Å². The minimum absolute atomic E-state index is 0.0737. The number of nitrogens with two attached hydrogens (primary N) is 1. The van der Waals surface area contributed by atoms with E-state index in [1.54, 1.807) is 36.3 Å². The molecular formula is C13H19N3O3. The Hall–Kier alpha value is -1.79. The average Bonchev–Trinajstić information content (AvgIpc) is 2.48. The molecule has 0 bridgehead atoms. The molecular weight excluding hydrogens is 246 g/mol. The predicted octanol–water partition coefficient (Wildman–Crippen LogP) is 0.887. The number of morpholine rings is 1. The van der Waals surface area contributed by atoms with Gasteiger partial charge in [-0.3, -0.25) is 0 Å². The average molecular weight is 265 g/mol. The maximum absolute atomic E-state index is 12.1. The van der Waals surface area contributed by atoms with Gasteiger partial charge in [0, 0.05) is 25.3 Å². The number of carbonyl (C=O) groups excluding carboxylic acids is 1. The number of hydrogen-bond acceptors (Lipinski definition) is 4. The third kappa shape index (κ3) is 3.59. The minimum atomic E-state index is -0.132. The molecule has 0 spiro atoms. The maximum Gasteiger partial charge on any atom is 0.322 e. The number of nitrogens with zero attached hydrogens (tertiary/aromatic N) is 1. The Morgan fingerprint density at radius 2 is 2.26 bits per heavy atom. The fourth-order valence-electron chi connectivity index (χ4n) is 1.92. The number of nitrogens with one attached hydrogen (secondary N) is 1. The van der Waals surface area contributed by atoms with Crippen molar-refractivity contribution in [3.8, 4) is 5.75 Å². The molecule has 6 nitrogen and oxygen atoms in total. The van der Waals surface area contributed by atoms with E-state index in [1.165, 1.54) is 0 Å². The van der Waals surface area contributed by atoms with Crippen molar-refractivity contribution in [1.29, 1.82) is 0 Å². The highest BCUT2D eigenvalue weighted by atomic mass is 16.5. The second kappa shape index (κ2) is 6.40. The van der Waals surface area contributed by atoms with Gasteiger partial charge in [0.05, 0.1) is 19.8 Å². The number of methoxy groups -OCH3 is 1. The zero-order chi connectivity index (χ0) is 13.7. The molecule has 1 aromatic carbocycles. The summed E-state index contributed by atoms with van der Waals surface area (Å²) in [6.07, 6.45) is -0.0737. The highest BCUT2D eigenvalue weighted by Crippen LogP contribution is 2.16. The van der Waals surface area contributed by atoms with Crippen molar-refractivity contribution in [1.82, 2.24) is 4.90 Å². The Morgan fingerprint density at radius 3 is 2.89 bits per heavy atom. The van der Waals surface area contributed by atoms with E-state index in [0.717, 1.165) is 11.4 Å². The van der Waals surface area contributed by atoms with E-state index < -0.39 is 0 Å². The van der Waals surface area contributed by atoms with Crippen LogP contribution in [0.4, 0.5) is 10.5 Å². The number of urea groups is 1. The second-order valence-electron chi connectivity index (χ2n) is 4.33. The number of carbonyl (C=O) groups is 1. The molecule has 104 valence electrons. The van der Waals surface area contributed by atoms with Crippen molar-refractivity contribution in [3.05, 3.63) is 24.3 Å². The van der Waals surface area contributed by atoms with Crippen LogP contribution in [0.25, 0.3) is 0 Å². The highest BCUT2D eigenvalue weighted by molar-refractivity contribution is 5.89. The van der Waals surface area contributed by atoms with Crippen molar-refractivity contribution in [2.24, 2.45) is 5.73 Å². The van der Waals surface area contributed by atoms with Crippen LogP contribution >= 0.6 is 0 Å². The van der Waals surface area contributed by atoms with Crippen LogP contribution in [-0.4, -0.2) is 50.4 Å². The van der Waals surface area contributed by atoms with Crippen molar-refractivity contribution in [3.63, 3.8) is 0 Å². The van der Waals surface area contributed by atoms with Gasteiger partial charge in [-0.2, -0.15) is 0 Å². The van der Waals surface area contributed by atoms with Crippen molar-refractivity contribution in [2.45, 2.75) is 6.10 Å². The van der Waals surface area contributed by atoms with Crippen molar-refractivity contribution >= 4 is 11.7 Å². The SMILES string of the molecule is COc1ccc(NC(=O)N2CCOC(CN)C2)cc1. The van der Waals surface area contributed by atoms with E-state index in [0.29, 0.717) is 26.2 Å². The summed E-state index contributed by atoms with van der Waals surface area (Å²) in [5.74, 6) is 0.757. The summed E-state index contributed by atoms with van der Waals surface area (Å²) in [6.45, 7) is 2.06. The number of hydrogen-bond donors (Lipinski definition) is 2. The summed E-state index contributed by atoms with van der Waals surface area (Å²) in [6, 6.07) is 7.08. The lowest BCUT2D eigenvalue weighted by Gasteiger charge is -2.32. The van der Waals surface area contributed by atoms with Gasteiger partial charge in [-0.25, -0.2) is 4.79 Å². The van der Waals surface area contributed by atoms with E-state index in [2.05, 4.69) is 5.32 Å². The number of anilines is 1. The zero-order valence-corrected chi connectivity index (χ0v) is 11.0. The molecule has 1 unspecified atom stereocenters. The monoisotopic (exact) mass is 265 g/mol. The van der Waals surface area contributed by atoms with E-state index in [1.807, 2.05) is 0 Å². The molecule has 19 heavy (non-hydrogen) atoms. The normalized spacial score (nSPS) is 19.1. The van der Waals surface area contributed by atoms with Gasteiger partial charge >= 0.3 is 6.03 Å². The molecule has 1 aliphatic rings. The molecule has 1 atom stereocenters. The first kappa shape index (κ1) is 13.6. The Balaban J connectivity index is 1.92. The van der Waals surface area contributed by atoms with Crippen LogP contribution < -0.4 is 15.8 Å². The molecule has 1 saturated heterocycles. The van der Waals surface area contributed by atoms with Crippen LogP contribution in [-0.2, 0) is 4.74 Å². The molecule has 1 heterocycles. The van der Waals surface area contributed by atoms with E-state index in [-0.39, 0.29) is 12.1 Å². The van der Waals surface area contributed by atoms with Crippen LogP contribution in [0.5, 0.6) is 5.75 Å². The molecule has 0 aromatic heterocycles. The number of rotatable bonds is 3. The molecule has 2 rings (SSSR count). The molecule has 0 radical (unpaired) electrons. The summed E-state index contributed by atoms with van der Waals surface area (Å²) < 4.78 is 10.5. The standard InChI is InChI=1S/C13H19N3O3/c1-18-11-4-2-10(3-5-11)15-13(17)16-6-7-19-12(8-14)9-16/h2-5,12H,6-9,14H2,1H3,(H,15,17). The van der Waals surface area contributed by atoms with E-state index in [4.69, 9.17) is 15.2 Å². The largest absolute Gasteiger partial charge is 0.497 e. The molecule has 6 heteroatoms.